The number of benzene rings is 2. The zero-order valence-corrected chi connectivity index (χ0v) is 11.3. The lowest BCUT2D eigenvalue weighted by Gasteiger charge is -2.11. The zero-order valence-electron chi connectivity index (χ0n) is 9.81. The van der Waals surface area contributed by atoms with Gasteiger partial charge in [-0.15, -0.1) is 0 Å². The van der Waals surface area contributed by atoms with E-state index < -0.39 is 0 Å². The number of hydrogen-bond acceptors (Lipinski definition) is 1. The molecule has 0 spiro atoms. The summed E-state index contributed by atoms with van der Waals surface area (Å²) in [5, 5.41) is 4.26. The molecule has 2 rings (SSSR count). The van der Waals surface area contributed by atoms with Gasteiger partial charge in [-0.2, -0.15) is 0 Å². The van der Waals surface area contributed by atoms with E-state index in [1.807, 2.05) is 19.1 Å². The van der Waals surface area contributed by atoms with E-state index in [1.54, 1.807) is 18.2 Å². The summed E-state index contributed by atoms with van der Waals surface area (Å²) >= 11 is 11.8. The highest BCUT2D eigenvalue weighted by Crippen LogP contribution is 2.23. The Morgan fingerprint density at radius 1 is 1.17 bits per heavy atom. The molecule has 0 saturated carbocycles. The molecule has 18 heavy (non-hydrogen) atoms. The lowest BCUT2D eigenvalue weighted by Crippen LogP contribution is -2.03. The predicted molar refractivity (Wildman–Crippen MR) is 74.9 cm³/mol. The molecule has 0 atom stereocenters. The van der Waals surface area contributed by atoms with Crippen LogP contribution in [0.4, 0.5) is 10.1 Å². The average molecular weight is 284 g/mol. The van der Waals surface area contributed by atoms with Crippen LogP contribution in [0.15, 0.2) is 36.4 Å². The molecule has 0 radical (unpaired) electrons. The summed E-state index contributed by atoms with van der Waals surface area (Å²) < 4.78 is 13.6. The quantitative estimate of drug-likeness (QED) is 0.831. The van der Waals surface area contributed by atoms with Gasteiger partial charge in [-0.25, -0.2) is 4.39 Å². The fraction of sp³-hybridized carbons (Fsp3) is 0.143. The number of anilines is 1. The minimum atomic E-state index is -0.304. The Labute approximate surface area is 116 Å². The van der Waals surface area contributed by atoms with Crippen molar-refractivity contribution in [3.05, 3.63) is 63.4 Å². The summed E-state index contributed by atoms with van der Waals surface area (Å²) in [4.78, 5) is 0. The molecule has 2 aromatic carbocycles. The molecule has 0 aliphatic rings. The summed E-state index contributed by atoms with van der Waals surface area (Å²) in [6, 6.07) is 10.2. The van der Waals surface area contributed by atoms with Crippen LogP contribution < -0.4 is 5.32 Å². The zero-order chi connectivity index (χ0) is 13.1. The van der Waals surface area contributed by atoms with Gasteiger partial charge in [0.25, 0.3) is 0 Å². The van der Waals surface area contributed by atoms with Gasteiger partial charge in [-0.3, -0.25) is 0 Å². The number of halogens is 3. The van der Waals surface area contributed by atoms with Crippen LogP contribution in [0.5, 0.6) is 0 Å². The lowest BCUT2D eigenvalue weighted by molar-refractivity contribution is 0.613. The third kappa shape index (κ3) is 2.95. The van der Waals surface area contributed by atoms with Gasteiger partial charge in [0.15, 0.2) is 0 Å². The Hall–Kier alpha value is -1.25. The summed E-state index contributed by atoms with van der Waals surface area (Å²) in [5.74, 6) is -0.304. The molecule has 0 bridgehead atoms. The summed E-state index contributed by atoms with van der Waals surface area (Å²) in [5.41, 5.74) is 2.39. The van der Waals surface area contributed by atoms with Gasteiger partial charge in [0.05, 0.1) is 0 Å². The molecular formula is C14H12Cl2FN. The minimum Gasteiger partial charge on any atom is -0.381 e. The second-order valence-electron chi connectivity index (χ2n) is 4.01. The van der Waals surface area contributed by atoms with E-state index >= 15 is 0 Å². The smallest absolute Gasteiger partial charge is 0.129 e. The average Bonchev–Trinajstić information content (AvgIpc) is 2.31. The van der Waals surface area contributed by atoms with Crippen LogP contribution in [0, 0.1) is 12.7 Å². The van der Waals surface area contributed by atoms with Crippen molar-refractivity contribution in [2.45, 2.75) is 13.5 Å². The molecule has 0 fully saturated rings. The van der Waals surface area contributed by atoms with Crippen LogP contribution in [-0.4, -0.2) is 0 Å². The van der Waals surface area contributed by atoms with E-state index in [0.717, 1.165) is 11.3 Å². The van der Waals surface area contributed by atoms with Gasteiger partial charge >= 0.3 is 0 Å². The maximum Gasteiger partial charge on any atom is 0.129 e. The second kappa shape index (κ2) is 5.59. The molecule has 94 valence electrons. The molecular weight excluding hydrogens is 272 g/mol. The van der Waals surface area contributed by atoms with Crippen LogP contribution in [0.2, 0.25) is 10.0 Å². The molecule has 0 amide bonds. The molecule has 0 aliphatic heterocycles. The second-order valence-corrected chi connectivity index (χ2v) is 4.86. The molecule has 0 heterocycles. The van der Waals surface area contributed by atoms with Crippen molar-refractivity contribution in [3.63, 3.8) is 0 Å². The Morgan fingerprint density at radius 2 is 1.94 bits per heavy atom. The Morgan fingerprint density at radius 3 is 2.61 bits per heavy atom. The van der Waals surface area contributed by atoms with Gasteiger partial charge in [-0.1, -0.05) is 29.3 Å². The number of nitrogens with one attached hydrogen (secondary N) is 1. The maximum atomic E-state index is 13.6. The third-order valence-electron chi connectivity index (χ3n) is 2.71. The predicted octanol–water partition coefficient (Wildman–Crippen LogP) is 5.05. The Bertz CT molecular complexity index is 549. The van der Waals surface area contributed by atoms with Crippen molar-refractivity contribution in [2.75, 3.05) is 5.32 Å². The molecule has 1 N–H and O–H groups in total. The number of hydrogen-bond donors (Lipinski definition) is 1. The van der Waals surface area contributed by atoms with E-state index in [9.17, 15) is 4.39 Å². The number of rotatable bonds is 3. The monoisotopic (exact) mass is 283 g/mol. The van der Waals surface area contributed by atoms with Crippen LogP contribution >= 0.6 is 23.2 Å². The molecule has 0 aromatic heterocycles. The van der Waals surface area contributed by atoms with Crippen LogP contribution in [0.1, 0.15) is 11.1 Å². The molecule has 1 nitrogen and oxygen atoms in total. The van der Waals surface area contributed by atoms with Gasteiger partial charge in [0, 0.05) is 27.8 Å². The highest BCUT2D eigenvalue weighted by molar-refractivity contribution is 6.31. The third-order valence-corrected chi connectivity index (χ3v) is 3.29. The Kier molecular flexibility index (Phi) is 4.10. The normalized spacial score (nSPS) is 10.4. The number of aryl methyl sites for hydroxylation is 1. The van der Waals surface area contributed by atoms with Crippen molar-refractivity contribution < 1.29 is 4.39 Å². The first-order chi connectivity index (χ1) is 8.58. The lowest BCUT2D eigenvalue weighted by atomic mass is 10.1. The molecule has 0 saturated heterocycles. The van der Waals surface area contributed by atoms with E-state index in [0.29, 0.717) is 22.2 Å². The van der Waals surface area contributed by atoms with Crippen molar-refractivity contribution in [1.82, 2.24) is 0 Å². The SMILES string of the molecule is Cc1cc(Cl)ccc1NCc1c(F)cccc1Cl. The summed E-state index contributed by atoms with van der Waals surface area (Å²) in [7, 11) is 0. The summed E-state index contributed by atoms with van der Waals surface area (Å²) in [6.07, 6.45) is 0. The van der Waals surface area contributed by atoms with Crippen LogP contribution in [-0.2, 0) is 6.54 Å². The summed E-state index contributed by atoms with van der Waals surface area (Å²) in [6.45, 7) is 2.28. The van der Waals surface area contributed by atoms with E-state index in [-0.39, 0.29) is 5.82 Å². The fourth-order valence-corrected chi connectivity index (χ4v) is 2.17. The van der Waals surface area contributed by atoms with Gasteiger partial charge in [0.1, 0.15) is 5.82 Å². The molecule has 0 unspecified atom stereocenters. The highest BCUT2D eigenvalue weighted by Gasteiger charge is 2.07. The topological polar surface area (TPSA) is 12.0 Å². The Balaban J connectivity index is 2.16. The van der Waals surface area contributed by atoms with E-state index in [2.05, 4.69) is 5.32 Å². The van der Waals surface area contributed by atoms with Crippen LogP contribution in [0.3, 0.4) is 0 Å². The van der Waals surface area contributed by atoms with Gasteiger partial charge < -0.3 is 5.32 Å². The first-order valence-electron chi connectivity index (χ1n) is 5.51. The van der Waals surface area contributed by atoms with Crippen molar-refractivity contribution >= 4 is 28.9 Å². The largest absolute Gasteiger partial charge is 0.381 e. The van der Waals surface area contributed by atoms with Gasteiger partial charge in [-0.05, 0) is 42.8 Å². The van der Waals surface area contributed by atoms with E-state index in [1.165, 1.54) is 6.07 Å². The maximum absolute atomic E-state index is 13.6. The van der Waals surface area contributed by atoms with Crippen molar-refractivity contribution in [1.29, 1.82) is 0 Å². The standard InChI is InChI=1S/C14H12Cl2FN/c1-9-7-10(15)5-6-14(9)18-8-11-12(16)3-2-4-13(11)17/h2-7,18H,8H2,1H3. The van der Waals surface area contributed by atoms with Crippen molar-refractivity contribution in [3.8, 4) is 0 Å². The molecule has 4 heteroatoms. The first-order valence-corrected chi connectivity index (χ1v) is 6.26. The first kappa shape index (κ1) is 13.2. The minimum absolute atomic E-state index is 0.304. The van der Waals surface area contributed by atoms with Gasteiger partial charge in [0.2, 0.25) is 0 Å². The van der Waals surface area contributed by atoms with Crippen LogP contribution in [0.25, 0.3) is 0 Å². The molecule has 2 aromatic rings. The van der Waals surface area contributed by atoms with Crippen molar-refractivity contribution in [2.24, 2.45) is 0 Å². The van der Waals surface area contributed by atoms with E-state index in [4.69, 9.17) is 23.2 Å². The fourth-order valence-electron chi connectivity index (χ4n) is 1.71. The highest BCUT2D eigenvalue weighted by atomic mass is 35.5. The molecule has 0 aliphatic carbocycles.